The molecule has 0 saturated heterocycles. The summed E-state index contributed by atoms with van der Waals surface area (Å²) >= 11 is 0. The Morgan fingerprint density at radius 3 is 2.51 bits per heavy atom. The van der Waals surface area contributed by atoms with E-state index in [0.29, 0.717) is 11.4 Å². The SMILES string of the molecule is COc1cc2ncnc(-c3cn(C)nc3-c3ccccc3)c2cc1NC(=O)C12CC(N(C)C)(C1)C2. The average molecular weight is 469 g/mol. The fourth-order valence-corrected chi connectivity index (χ4v) is 5.74. The molecule has 3 fully saturated rings. The molecular weight excluding hydrogens is 440 g/mol. The van der Waals surface area contributed by atoms with Gasteiger partial charge < -0.3 is 15.0 Å². The van der Waals surface area contributed by atoms with Crippen LogP contribution in [0.1, 0.15) is 19.3 Å². The predicted molar refractivity (Wildman–Crippen MR) is 135 cm³/mol. The van der Waals surface area contributed by atoms with Gasteiger partial charge in [0.15, 0.2) is 0 Å². The zero-order valence-electron chi connectivity index (χ0n) is 20.4. The van der Waals surface area contributed by atoms with E-state index in [4.69, 9.17) is 9.84 Å². The first-order valence-corrected chi connectivity index (χ1v) is 11.8. The number of ether oxygens (including phenoxy) is 1. The monoisotopic (exact) mass is 468 g/mol. The van der Waals surface area contributed by atoms with Crippen LogP contribution in [0.3, 0.4) is 0 Å². The number of fused-ring (bicyclic) bond motifs is 1. The van der Waals surface area contributed by atoms with E-state index in [2.05, 4.69) is 34.3 Å². The number of amides is 1. The van der Waals surface area contributed by atoms with Crippen molar-refractivity contribution < 1.29 is 9.53 Å². The van der Waals surface area contributed by atoms with E-state index in [1.807, 2.05) is 55.7 Å². The van der Waals surface area contributed by atoms with Crippen molar-refractivity contribution in [3.8, 4) is 28.3 Å². The summed E-state index contributed by atoms with van der Waals surface area (Å²) in [5.74, 6) is 0.641. The number of carbonyl (C=O) groups excluding carboxylic acids is 1. The zero-order valence-corrected chi connectivity index (χ0v) is 20.4. The van der Waals surface area contributed by atoms with Gasteiger partial charge in [-0.2, -0.15) is 5.10 Å². The normalized spacial score (nSPS) is 22.5. The molecule has 4 aromatic rings. The van der Waals surface area contributed by atoms with Crippen LogP contribution in [0.15, 0.2) is 55.0 Å². The Hall–Kier alpha value is -3.78. The maximum Gasteiger partial charge on any atom is 0.230 e. The number of nitrogens with one attached hydrogen (secondary N) is 1. The number of aromatic nitrogens is 4. The van der Waals surface area contributed by atoms with Gasteiger partial charge in [-0.25, -0.2) is 9.97 Å². The molecule has 8 nitrogen and oxygen atoms in total. The van der Waals surface area contributed by atoms with Crippen LogP contribution in [0, 0.1) is 5.41 Å². The number of rotatable bonds is 6. The minimum Gasteiger partial charge on any atom is -0.494 e. The summed E-state index contributed by atoms with van der Waals surface area (Å²) in [6.07, 6.45) is 6.23. The van der Waals surface area contributed by atoms with Gasteiger partial charge in [-0.15, -0.1) is 0 Å². The number of methoxy groups -OCH3 is 1. The highest BCUT2D eigenvalue weighted by atomic mass is 16.5. The van der Waals surface area contributed by atoms with E-state index in [0.717, 1.165) is 52.7 Å². The first-order chi connectivity index (χ1) is 16.8. The van der Waals surface area contributed by atoms with Crippen LogP contribution >= 0.6 is 0 Å². The number of hydrogen-bond donors (Lipinski definition) is 1. The Morgan fingerprint density at radius 1 is 1.09 bits per heavy atom. The van der Waals surface area contributed by atoms with E-state index >= 15 is 0 Å². The lowest BCUT2D eigenvalue weighted by molar-refractivity contribution is -0.204. The largest absolute Gasteiger partial charge is 0.494 e. The van der Waals surface area contributed by atoms with Crippen molar-refractivity contribution >= 4 is 22.5 Å². The van der Waals surface area contributed by atoms with Gasteiger partial charge in [-0.1, -0.05) is 30.3 Å². The van der Waals surface area contributed by atoms with Gasteiger partial charge in [-0.05, 0) is 39.4 Å². The van der Waals surface area contributed by atoms with Crippen molar-refractivity contribution in [2.45, 2.75) is 24.8 Å². The Morgan fingerprint density at radius 2 is 1.83 bits per heavy atom. The molecule has 0 aliphatic heterocycles. The number of carbonyl (C=O) groups is 1. The van der Waals surface area contributed by atoms with Crippen LogP contribution < -0.4 is 10.1 Å². The summed E-state index contributed by atoms with van der Waals surface area (Å²) in [5.41, 5.74) is 4.81. The molecule has 1 amide bonds. The van der Waals surface area contributed by atoms with Crippen LogP contribution in [0.25, 0.3) is 33.4 Å². The Labute approximate surface area is 203 Å². The Bertz CT molecular complexity index is 1440. The van der Waals surface area contributed by atoms with Crippen LogP contribution in [-0.2, 0) is 11.8 Å². The number of benzene rings is 2. The van der Waals surface area contributed by atoms with Gasteiger partial charge in [0.2, 0.25) is 5.91 Å². The molecule has 0 radical (unpaired) electrons. The molecule has 35 heavy (non-hydrogen) atoms. The molecule has 2 aromatic heterocycles. The van der Waals surface area contributed by atoms with Crippen molar-refractivity contribution in [1.29, 1.82) is 0 Å². The van der Waals surface area contributed by atoms with Gasteiger partial charge >= 0.3 is 0 Å². The highest BCUT2D eigenvalue weighted by Crippen LogP contribution is 2.69. The van der Waals surface area contributed by atoms with Gasteiger partial charge in [0.25, 0.3) is 0 Å². The van der Waals surface area contributed by atoms with Crippen molar-refractivity contribution in [2.75, 3.05) is 26.5 Å². The average Bonchev–Trinajstić information content (AvgIpc) is 3.18. The summed E-state index contributed by atoms with van der Waals surface area (Å²) in [5, 5.41) is 8.69. The minimum absolute atomic E-state index is 0.0589. The maximum absolute atomic E-state index is 13.3. The molecule has 2 heterocycles. The highest BCUT2D eigenvalue weighted by Gasteiger charge is 2.72. The second kappa shape index (κ2) is 7.61. The highest BCUT2D eigenvalue weighted by molar-refractivity contribution is 6.04. The van der Waals surface area contributed by atoms with E-state index in [9.17, 15) is 4.79 Å². The standard InChI is InChI=1S/C27H28N6O2/c1-32(2)27-13-26(14-27,15-27)25(34)30-21-10-18-20(11-22(21)35-4)28-16-29-24(18)19-12-33(3)31-23(19)17-8-6-5-7-9-17/h5-12,16H,13-15H2,1-4H3,(H,30,34). The van der Waals surface area contributed by atoms with Crippen LogP contribution in [0.4, 0.5) is 5.69 Å². The third kappa shape index (κ3) is 3.24. The van der Waals surface area contributed by atoms with E-state index in [1.165, 1.54) is 0 Å². The second-order valence-electron chi connectivity index (χ2n) is 10.1. The zero-order chi connectivity index (χ0) is 24.4. The molecule has 178 valence electrons. The van der Waals surface area contributed by atoms with Crippen molar-refractivity contribution in [2.24, 2.45) is 12.5 Å². The summed E-state index contributed by atoms with van der Waals surface area (Å²) in [6, 6.07) is 13.8. The van der Waals surface area contributed by atoms with Crippen LogP contribution in [-0.4, -0.2) is 57.3 Å². The molecule has 8 heteroatoms. The third-order valence-electron chi connectivity index (χ3n) is 7.77. The van der Waals surface area contributed by atoms with Crippen LogP contribution in [0.5, 0.6) is 5.75 Å². The van der Waals surface area contributed by atoms with Gasteiger partial charge in [0.05, 0.1) is 29.4 Å². The molecule has 0 spiro atoms. The van der Waals surface area contributed by atoms with Crippen molar-refractivity contribution in [1.82, 2.24) is 24.6 Å². The van der Waals surface area contributed by atoms with Gasteiger partial charge in [0.1, 0.15) is 17.8 Å². The first-order valence-electron chi connectivity index (χ1n) is 11.8. The topological polar surface area (TPSA) is 85.2 Å². The fourth-order valence-electron chi connectivity index (χ4n) is 5.74. The number of nitrogens with zero attached hydrogens (tertiary/aromatic N) is 5. The lowest BCUT2D eigenvalue weighted by atomic mass is 9.38. The molecule has 7 rings (SSSR count). The smallest absolute Gasteiger partial charge is 0.230 e. The number of aryl methyl sites for hydroxylation is 1. The predicted octanol–water partition coefficient (Wildman–Crippen LogP) is 4.13. The molecule has 2 bridgehead atoms. The summed E-state index contributed by atoms with van der Waals surface area (Å²) in [7, 11) is 7.70. The molecule has 0 atom stereocenters. The Balaban J connectivity index is 1.41. The first kappa shape index (κ1) is 21.7. The molecule has 0 unspecified atom stereocenters. The molecule has 3 aliphatic carbocycles. The summed E-state index contributed by atoms with van der Waals surface area (Å²) in [4.78, 5) is 24.7. The van der Waals surface area contributed by atoms with Gasteiger partial charge in [-0.3, -0.25) is 9.48 Å². The number of hydrogen-bond acceptors (Lipinski definition) is 6. The summed E-state index contributed by atoms with van der Waals surface area (Å²) in [6.45, 7) is 0. The molecule has 3 aliphatic rings. The molecule has 1 N–H and O–H groups in total. The van der Waals surface area contributed by atoms with E-state index < -0.39 is 0 Å². The molecule has 2 aromatic carbocycles. The Kier molecular flexibility index (Phi) is 4.73. The number of anilines is 1. The van der Waals surface area contributed by atoms with Crippen LogP contribution in [0.2, 0.25) is 0 Å². The van der Waals surface area contributed by atoms with Gasteiger partial charge in [0, 0.05) is 41.4 Å². The third-order valence-corrected chi connectivity index (χ3v) is 7.77. The lowest BCUT2D eigenvalue weighted by Gasteiger charge is -2.71. The van der Waals surface area contributed by atoms with Crippen molar-refractivity contribution in [3.05, 3.63) is 55.0 Å². The minimum atomic E-state index is -0.274. The fraction of sp³-hybridized carbons (Fsp3) is 0.333. The maximum atomic E-state index is 13.3. The van der Waals surface area contributed by atoms with Crippen molar-refractivity contribution in [3.63, 3.8) is 0 Å². The quantitative estimate of drug-likeness (QED) is 0.458. The molecule has 3 saturated carbocycles. The summed E-state index contributed by atoms with van der Waals surface area (Å²) < 4.78 is 7.43. The lowest BCUT2D eigenvalue weighted by Crippen LogP contribution is -2.76. The van der Waals surface area contributed by atoms with E-state index in [-0.39, 0.29) is 16.9 Å². The second-order valence-corrected chi connectivity index (χ2v) is 10.1. The molecular formula is C27H28N6O2. The van der Waals surface area contributed by atoms with E-state index in [1.54, 1.807) is 18.1 Å².